The number of carbonyl (C=O) groups excluding carboxylic acids is 1. The van der Waals surface area contributed by atoms with Gasteiger partial charge in [-0.2, -0.15) is 0 Å². The summed E-state index contributed by atoms with van der Waals surface area (Å²) in [6, 6.07) is 0. The zero-order chi connectivity index (χ0) is 7.72. The predicted molar refractivity (Wildman–Crippen MR) is 37.5 cm³/mol. The Morgan fingerprint density at radius 1 is 1.50 bits per heavy atom. The first-order valence-corrected chi connectivity index (χ1v) is 3.78. The van der Waals surface area contributed by atoms with Gasteiger partial charge in [-0.25, -0.2) is 4.39 Å². The summed E-state index contributed by atoms with van der Waals surface area (Å²) in [6.07, 6.45) is 0.106. The summed E-state index contributed by atoms with van der Waals surface area (Å²) in [4.78, 5) is 10.8. The summed E-state index contributed by atoms with van der Waals surface area (Å²) >= 11 is 0. The summed E-state index contributed by atoms with van der Waals surface area (Å²) in [5, 5.41) is 0. The Kier molecular flexibility index (Phi) is 2.07. The van der Waals surface area contributed by atoms with Crippen molar-refractivity contribution in [3.8, 4) is 0 Å². The van der Waals surface area contributed by atoms with Crippen LogP contribution in [0.25, 0.3) is 0 Å². The second-order valence-electron chi connectivity index (χ2n) is 3.39. The Balaban J connectivity index is 2.57. The molecule has 0 aliphatic heterocycles. The van der Waals surface area contributed by atoms with Crippen LogP contribution < -0.4 is 0 Å². The van der Waals surface area contributed by atoms with Gasteiger partial charge in [0.15, 0.2) is 12.0 Å². The largest absolute Gasteiger partial charge is 0.296 e. The molecule has 0 spiro atoms. The maximum atomic E-state index is 12.8. The quantitative estimate of drug-likeness (QED) is 0.508. The third-order valence-corrected chi connectivity index (χ3v) is 2.13. The van der Waals surface area contributed by atoms with Crippen LogP contribution in [0.1, 0.15) is 26.7 Å². The van der Waals surface area contributed by atoms with Crippen LogP contribution in [0, 0.1) is 11.8 Å². The van der Waals surface area contributed by atoms with E-state index in [0.717, 1.165) is 6.42 Å². The maximum Gasteiger partial charge on any atom is 0.167 e. The van der Waals surface area contributed by atoms with Crippen LogP contribution in [0.15, 0.2) is 0 Å². The van der Waals surface area contributed by atoms with Gasteiger partial charge in [0.05, 0.1) is 0 Å². The smallest absolute Gasteiger partial charge is 0.167 e. The average molecular weight is 144 g/mol. The number of carbonyl (C=O) groups is 1. The molecular weight excluding hydrogens is 131 g/mol. The van der Waals surface area contributed by atoms with Gasteiger partial charge >= 0.3 is 0 Å². The van der Waals surface area contributed by atoms with Crippen molar-refractivity contribution in [2.45, 2.75) is 32.9 Å². The van der Waals surface area contributed by atoms with Gasteiger partial charge in [-0.15, -0.1) is 0 Å². The van der Waals surface area contributed by atoms with E-state index in [1.807, 2.05) is 6.92 Å². The first-order valence-electron chi connectivity index (χ1n) is 3.78. The normalized spacial score (nSPS) is 41.9. The Morgan fingerprint density at radius 2 is 2.10 bits per heavy atom. The minimum atomic E-state index is -1.18. The van der Waals surface area contributed by atoms with E-state index < -0.39 is 6.17 Å². The standard InChI is InChI=1S/C8H13FO/c1-5-3-6(2)8(9)7(10)4-5/h5-6,8H,3-4H2,1-2H3/t5-,6-,8+/m0/s1. The summed E-state index contributed by atoms with van der Waals surface area (Å²) in [5.41, 5.74) is 0. The molecule has 1 aliphatic carbocycles. The second-order valence-corrected chi connectivity index (χ2v) is 3.39. The summed E-state index contributed by atoms with van der Waals surface area (Å²) < 4.78 is 12.8. The molecule has 0 amide bonds. The highest BCUT2D eigenvalue weighted by molar-refractivity contribution is 5.84. The van der Waals surface area contributed by atoms with Gasteiger partial charge in [0.2, 0.25) is 0 Å². The molecular formula is C8H13FO. The Hall–Kier alpha value is -0.400. The first-order chi connectivity index (χ1) is 4.61. The molecule has 2 heteroatoms. The molecule has 1 fully saturated rings. The third-order valence-electron chi connectivity index (χ3n) is 2.13. The topological polar surface area (TPSA) is 17.1 Å². The molecule has 10 heavy (non-hydrogen) atoms. The van der Waals surface area contributed by atoms with Crippen molar-refractivity contribution < 1.29 is 9.18 Å². The highest BCUT2D eigenvalue weighted by atomic mass is 19.1. The maximum absolute atomic E-state index is 12.8. The molecule has 0 aromatic carbocycles. The van der Waals surface area contributed by atoms with Crippen molar-refractivity contribution in [1.82, 2.24) is 0 Å². The summed E-state index contributed by atoms with van der Waals surface area (Å²) in [5.74, 6) is 0.122. The van der Waals surface area contributed by atoms with Gasteiger partial charge in [0, 0.05) is 6.42 Å². The van der Waals surface area contributed by atoms with E-state index in [1.54, 1.807) is 6.92 Å². The van der Waals surface area contributed by atoms with Crippen LogP contribution in [0.2, 0.25) is 0 Å². The van der Waals surface area contributed by atoms with E-state index in [2.05, 4.69) is 0 Å². The molecule has 58 valence electrons. The van der Waals surface area contributed by atoms with E-state index in [4.69, 9.17) is 0 Å². The minimum Gasteiger partial charge on any atom is -0.296 e. The lowest BCUT2D eigenvalue weighted by atomic mass is 9.81. The fourth-order valence-electron chi connectivity index (χ4n) is 1.61. The number of ketones is 1. The molecule has 1 rings (SSSR count). The SMILES string of the molecule is C[C@@H]1CC(=O)[C@H](F)[C@@H](C)C1. The van der Waals surface area contributed by atoms with Gasteiger partial charge < -0.3 is 0 Å². The number of halogens is 1. The number of alkyl halides is 1. The molecule has 0 radical (unpaired) electrons. The molecule has 1 nitrogen and oxygen atoms in total. The van der Waals surface area contributed by atoms with Crippen molar-refractivity contribution in [3.05, 3.63) is 0 Å². The number of hydrogen-bond acceptors (Lipinski definition) is 1. The molecule has 0 saturated heterocycles. The van der Waals surface area contributed by atoms with Crippen molar-refractivity contribution in [3.63, 3.8) is 0 Å². The van der Waals surface area contributed by atoms with Gasteiger partial charge in [0.1, 0.15) is 0 Å². The van der Waals surface area contributed by atoms with Crippen LogP contribution in [0.3, 0.4) is 0 Å². The van der Waals surface area contributed by atoms with Crippen LogP contribution in [0.4, 0.5) is 4.39 Å². The zero-order valence-electron chi connectivity index (χ0n) is 6.43. The van der Waals surface area contributed by atoms with E-state index in [1.165, 1.54) is 0 Å². The summed E-state index contributed by atoms with van der Waals surface area (Å²) in [7, 11) is 0. The lowest BCUT2D eigenvalue weighted by Gasteiger charge is -2.25. The first kappa shape index (κ1) is 7.70. The zero-order valence-corrected chi connectivity index (χ0v) is 6.43. The van der Waals surface area contributed by atoms with E-state index in [-0.39, 0.29) is 11.7 Å². The van der Waals surface area contributed by atoms with Gasteiger partial charge in [0.25, 0.3) is 0 Å². The molecule has 0 bridgehead atoms. The van der Waals surface area contributed by atoms with Gasteiger partial charge in [-0.1, -0.05) is 13.8 Å². The number of hydrogen-bond donors (Lipinski definition) is 0. The fourth-order valence-corrected chi connectivity index (χ4v) is 1.61. The monoisotopic (exact) mass is 144 g/mol. The third kappa shape index (κ3) is 1.36. The van der Waals surface area contributed by atoms with Crippen LogP contribution in [-0.2, 0) is 4.79 Å². The minimum absolute atomic E-state index is 0.0590. The molecule has 0 unspecified atom stereocenters. The Morgan fingerprint density at radius 3 is 2.60 bits per heavy atom. The van der Waals surface area contributed by atoms with Crippen LogP contribution in [-0.4, -0.2) is 12.0 Å². The van der Waals surface area contributed by atoms with E-state index >= 15 is 0 Å². The fraction of sp³-hybridized carbons (Fsp3) is 0.875. The predicted octanol–water partition coefficient (Wildman–Crippen LogP) is 1.96. The molecule has 0 aromatic rings. The van der Waals surface area contributed by atoms with Crippen molar-refractivity contribution >= 4 is 5.78 Å². The molecule has 0 N–H and O–H groups in total. The molecule has 3 atom stereocenters. The van der Waals surface area contributed by atoms with Crippen molar-refractivity contribution in [2.24, 2.45) is 11.8 Å². The highest BCUT2D eigenvalue weighted by Gasteiger charge is 2.31. The Bertz CT molecular complexity index is 144. The molecule has 0 heterocycles. The van der Waals surface area contributed by atoms with Crippen molar-refractivity contribution in [1.29, 1.82) is 0 Å². The highest BCUT2D eigenvalue weighted by Crippen LogP contribution is 2.27. The van der Waals surface area contributed by atoms with Gasteiger partial charge in [-0.3, -0.25) is 4.79 Å². The number of Topliss-reactive ketones (excluding diaryl/α,β-unsaturated/α-hetero) is 1. The van der Waals surface area contributed by atoms with Crippen LogP contribution in [0.5, 0.6) is 0 Å². The molecule has 1 saturated carbocycles. The van der Waals surface area contributed by atoms with Crippen molar-refractivity contribution in [2.75, 3.05) is 0 Å². The second kappa shape index (κ2) is 2.69. The molecule has 1 aliphatic rings. The Labute approximate surface area is 60.6 Å². The lowest BCUT2D eigenvalue weighted by molar-refractivity contribution is -0.129. The molecule has 0 aromatic heterocycles. The lowest BCUT2D eigenvalue weighted by Crippen LogP contribution is -2.31. The van der Waals surface area contributed by atoms with E-state index in [9.17, 15) is 9.18 Å². The summed E-state index contributed by atoms with van der Waals surface area (Å²) in [6.45, 7) is 3.80. The van der Waals surface area contributed by atoms with Crippen LogP contribution >= 0.6 is 0 Å². The van der Waals surface area contributed by atoms with Gasteiger partial charge in [-0.05, 0) is 18.3 Å². The average Bonchev–Trinajstić information content (AvgIpc) is 1.82. The number of rotatable bonds is 0. The van der Waals surface area contributed by atoms with E-state index in [0.29, 0.717) is 12.3 Å².